The second kappa shape index (κ2) is 8.13. The first-order valence-electron chi connectivity index (χ1n) is 5.75. The molecule has 0 atom stereocenters. The molecule has 0 bridgehead atoms. The predicted octanol–water partition coefficient (Wildman–Crippen LogP) is 2.00. The predicted molar refractivity (Wildman–Crippen MR) is 66.0 cm³/mol. The molecule has 0 fully saturated rings. The van der Waals surface area contributed by atoms with Crippen molar-refractivity contribution in [1.29, 1.82) is 0 Å². The summed E-state index contributed by atoms with van der Waals surface area (Å²) in [6, 6.07) is 8.10. The molecule has 1 N–H and O–H groups in total. The molecule has 90 valence electrons. The highest BCUT2D eigenvalue weighted by Crippen LogP contribution is 2.12. The minimum atomic E-state index is 0.711. The Hall–Kier alpha value is -1.06. The van der Waals surface area contributed by atoms with Gasteiger partial charge in [-0.05, 0) is 31.7 Å². The van der Waals surface area contributed by atoms with Crippen molar-refractivity contribution in [3.63, 3.8) is 0 Å². The van der Waals surface area contributed by atoms with Crippen molar-refractivity contribution in [3.8, 4) is 5.75 Å². The zero-order valence-electron chi connectivity index (χ0n) is 10.2. The van der Waals surface area contributed by atoms with Crippen LogP contribution >= 0.6 is 0 Å². The van der Waals surface area contributed by atoms with E-state index in [1.54, 1.807) is 0 Å². The molecule has 0 amide bonds. The molecule has 0 heterocycles. The minimum absolute atomic E-state index is 0.711. The van der Waals surface area contributed by atoms with Gasteiger partial charge in [0.2, 0.25) is 0 Å². The lowest BCUT2D eigenvalue weighted by Gasteiger charge is -2.07. The van der Waals surface area contributed by atoms with Crippen LogP contribution in [0.3, 0.4) is 0 Å². The summed E-state index contributed by atoms with van der Waals surface area (Å²) in [6.07, 6.45) is 0.928. The van der Waals surface area contributed by atoms with E-state index in [9.17, 15) is 0 Å². The number of aryl methyl sites for hydroxylation is 1. The van der Waals surface area contributed by atoms with Crippen LogP contribution in [0.2, 0.25) is 0 Å². The minimum Gasteiger partial charge on any atom is -0.493 e. The molecule has 0 radical (unpaired) electrons. The van der Waals surface area contributed by atoms with Gasteiger partial charge in [0.15, 0.2) is 0 Å². The fourth-order valence-corrected chi connectivity index (χ4v) is 1.33. The maximum absolute atomic E-state index is 5.60. The standard InChI is InChI=1S/C13H21NO2/c1-12-5-3-6-13(11-12)16-9-4-8-15-10-7-14-2/h3,5-6,11,14H,4,7-10H2,1-2H3. The van der Waals surface area contributed by atoms with E-state index in [2.05, 4.69) is 18.3 Å². The first-order valence-corrected chi connectivity index (χ1v) is 5.75. The van der Waals surface area contributed by atoms with E-state index in [0.29, 0.717) is 6.61 Å². The summed E-state index contributed by atoms with van der Waals surface area (Å²) in [4.78, 5) is 0. The molecule has 1 rings (SSSR count). The summed E-state index contributed by atoms with van der Waals surface area (Å²) in [6.45, 7) is 5.20. The zero-order chi connectivity index (χ0) is 11.6. The molecule has 0 unspecified atom stereocenters. The van der Waals surface area contributed by atoms with Crippen LogP contribution in [0.15, 0.2) is 24.3 Å². The van der Waals surface area contributed by atoms with Gasteiger partial charge in [-0.15, -0.1) is 0 Å². The average Bonchev–Trinajstić information content (AvgIpc) is 2.28. The van der Waals surface area contributed by atoms with Gasteiger partial charge in [0.1, 0.15) is 5.75 Å². The van der Waals surface area contributed by atoms with Crippen molar-refractivity contribution < 1.29 is 9.47 Å². The Kier molecular flexibility index (Phi) is 6.61. The van der Waals surface area contributed by atoms with Crippen molar-refractivity contribution in [3.05, 3.63) is 29.8 Å². The van der Waals surface area contributed by atoms with Crippen molar-refractivity contribution in [1.82, 2.24) is 5.32 Å². The molecular weight excluding hydrogens is 202 g/mol. The average molecular weight is 223 g/mol. The van der Waals surface area contributed by atoms with E-state index in [-0.39, 0.29) is 0 Å². The van der Waals surface area contributed by atoms with Crippen LogP contribution in [-0.4, -0.2) is 33.4 Å². The lowest BCUT2D eigenvalue weighted by atomic mass is 10.2. The number of ether oxygens (including phenoxy) is 2. The molecule has 3 heteroatoms. The second-order valence-corrected chi connectivity index (χ2v) is 3.73. The van der Waals surface area contributed by atoms with Gasteiger partial charge in [0.05, 0.1) is 13.2 Å². The lowest BCUT2D eigenvalue weighted by Crippen LogP contribution is -2.15. The van der Waals surface area contributed by atoms with Gasteiger partial charge in [0, 0.05) is 19.6 Å². The van der Waals surface area contributed by atoms with Gasteiger partial charge in [-0.3, -0.25) is 0 Å². The highest BCUT2D eigenvalue weighted by molar-refractivity contribution is 5.27. The normalized spacial score (nSPS) is 10.4. The third-order valence-corrected chi connectivity index (χ3v) is 2.19. The van der Waals surface area contributed by atoms with Crippen molar-refractivity contribution >= 4 is 0 Å². The number of hydrogen-bond donors (Lipinski definition) is 1. The van der Waals surface area contributed by atoms with Crippen LogP contribution < -0.4 is 10.1 Å². The second-order valence-electron chi connectivity index (χ2n) is 3.73. The molecule has 0 spiro atoms. The number of likely N-dealkylation sites (N-methyl/N-ethyl adjacent to an activating group) is 1. The van der Waals surface area contributed by atoms with E-state index in [4.69, 9.17) is 9.47 Å². The molecule has 0 aliphatic rings. The van der Waals surface area contributed by atoms with Gasteiger partial charge in [0.25, 0.3) is 0 Å². The molecule has 1 aromatic rings. The summed E-state index contributed by atoms with van der Waals surface area (Å²) >= 11 is 0. The summed E-state index contributed by atoms with van der Waals surface area (Å²) in [7, 11) is 1.92. The molecule has 0 aromatic heterocycles. The SMILES string of the molecule is CNCCOCCCOc1cccc(C)c1. The Morgan fingerprint density at radius 2 is 2.06 bits per heavy atom. The maximum atomic E-state index is 5.60. The summed E-state index contributed by atoms with van der Waals surface area (Å²) in [5.41, 5.74) is 1.22. The first-order chi connectivity index (χ1) is 7.83. The van der Waals surface area contributed by atoms with Crippen LogP contribution in [0.1, 0.15) is 12.0 Å². The Balaban J connectivity index is 2.03. The quantitative estimate of drug-likeness (QED) is 0.684. The Morgan fingerprint density at radius 1 is 1.19 bits per heavy atom. The van der Waals surface area contributed by atoms with E-state index in [1.807, 2.05) is 25.2 Å². The van der Waals surface area contributed by atoms with Crippen LogP contribution in [0.5, 0.6) is 5.75 Å². The Morgan fingerprint density at radius 3 is 2.81 bits per heavy atom. The largest absolute Gasteiger partial charge is 0.493 e. The van der Waals surface area contributed by atoms with Gasteiger partial charge < -0.3 is 14.8 Å². The highest BCUT2D eigenvalue weighted by atomic mass is 16.5. The van der Waals surface area contributed by atoms with Gasteiger partial charge in [-0.1, -0.05) is 12.1 Å². The van der Waals surface area contributed by atoms with Gasteiger partial charge in [-0.25, -0.2) is 0 Å². The monoisotopic (exact) mass is 223 g/mol. The van der Waals surface area contributed by atoms with Gasteiger partial charge in [-0.2, -0.15) is 0 Å². The first kappa shape index (κ1) is 13.0. The molecule has 1 aromatic carbocycles. The smallest absolute Gasteiger partial charge is 0.119 e. The Labute approximate surface area is 97.8 Å². The number of rotatable bonds is 8. The van der Waals surface area contributed by atoms with Crippen molar-refractivity contribution in [2.24, 2.45) is 0 Å². The van der Waals surface area contributed by atoms with E-state index in [0.717, 1.165) is 31.9 Å². The number of benzene rings is 1. The Bertz CT molecular complexity index is 289. The topological polar surface area (TPSA) is 30.5 Å². The summed E-state index contributed by atoms with van der Waals surface area (Å²) in [5, 5.41) is 3.03. The third kappa shape index (κ3) is 5.73. The summed E-state index contributed by atoms with van der Waals surface area (Å²) < 4.78 is 11.0. The molecule has 0 aliphatic heterocycles. The van der Waals surface area contributed by atoms with Gasteiger partial charge >= 0.3 is 0 Å². The van der Waals surface area contributed by atoms with E-state index >= 15 is 0 Å². The van der Waals surface area contributed by atoms with Crippen LogP contribution in [0.25, 0.3) is 0 Å². The zero-order valence-corrected chi connectivity index (χ0v) is 10.2. The molecular formula is C13H21NO2. The molecule has 3 nitrogen and oxygen atoms in total. The molecule has 16 heavy (non-hydrogen) atoms. The van der Waals surface area contributed by atoms with Crippen LogP contribution in [0, 0.1) is 6.92 Å². The third-order valence-electron chi connectivity index (χ3n) is 2.19. The fourth-order valence-electron chi connectivity index (χ4n) is 1.33. The van der Waals surface area contributed by atoms with Crippen LogP contribution in [0.4, 0.5) is 0 Å². The number of hydrogen-bond acceptors (Lipinski definition) is 3. The van der Waals surface area contributed by atoms with E-state index < -0.39 is 0 Å². The molecule has 0 saturated heterocycles. The fraction of sp³-hybridized carbons (Fsp3) is 0.538. The van der Waals surface area contributed by atoms with Crippen molar-refractivity contribution in [2.45, 2.75) is 13.3 Å². The summed E-state index contributed by atoms with van der Waals surface area (Å²) in [5.74, 6) is 0.940. The lowest BCUT2D eigenvalue weighted by molar-refractivity contribution is 0.122. The highest BCUT2D eigenvalue weighted by Gasteiger charge is 1.94. The molecule has 0 saturated carbocycles. The maximum Gasteiger partial charge on any atom is 0.119 e. The number of nitrogens with one attached hydrogen (secondary N) is 1. The molecule has 0 aliphatic carbocycles. The van der Waals surface area contributed by atoms with Crippen molar-refractivity contribution in [2.75, 3.05) is 33.4 Å². The van der Waals surface area contributed by atoms with E-state index in [1.165, 1.54) is 5.56 Å². The van der Waals surface area contributed by atoms with Crippen LogP contribution in [-0.2, 0) is 4.74 Å².